The fraction of sp³-hybridized carbons (Fsp3) is 0.250. The summed E-state index contributed by atoms with van der Waals surface area (Å²) in [7, 11) is 1.85. The van der Waals surface area contributed by atoms with Crippen molar-refractivity contribution in [1.82, 2.24) is 19.2 Å². The second kappa shape index (κ2) is 7.04. The van der Waals surface area contributed by atoms with Gasteiger partial charge in [0, 0.05) is 23.7 Å². The number of fused-ring (bicyclic) bond motifs is 1. The Morgan fingerprint density at radius 3 is 2.96 bits per heavy atom. The van der Waals surface area contributed by atoms with Crippen molar-refractivity contribution in [3.63, 3.8) is 0 Å². The van der Waals surface area contributed by atoms with Gasteiger partial charge in [-0.25, -0.2) is 0 Å². The Balaban J connectivity index is 1.69. The highest BCUT2D eigenvalue weighted by Gasteiger charge is 2.15. The monoisotopic (exact) mass is 382 g/mol. The van der Waals surface area contributed by atoms with Crippen LogP contribution in [-0.2, 0) is 13.7 Å². The van der Waals surface area contributed by atoms with Crippen molar-refractivity contribution >= 4 is 23.0 Å². The maximum Gasteiger partial charge on any atom is 0.276 e. The Hall–Kier alpha value is -2.86. The lowest BCUT2D eigenvalue weighted by Crippen LogP contribution is -2.21. The van der Waals surface area contributed by atoms with Crippen LogP contribution in [0.15, 0.2) is 47.3 Å². The first-order chi connectivity index (χ1) is 13.0. The van der Waals surface area contributed by atoms with E-state index < -0.39 is 0 Å². The topological polar surface area (TPSA) is 61.4 Å². The highest BCUT2D eigenvalue weighted by atomic mass is 35.5. The fourth-order valence-electron chi connectivity index (χ4n) is 3.06. The SMILES string of the molecule is Cc1c(Cl)cccc1OCc1cc(=O)n2nc(C3=CC=CCC3)nc2n1C. The van der Waals surface area contributed by atoms with Crippen LogP contribution in [0.3, 0.4) is 0 Å². The summed E-state index contributed by atoms with van der Waals surface area (Å²) in [5.74, 6) is 1.78. The first-order valence-corrected chi connectivity index (χ1v) is 9.12. The van der Waals surface area contributed by atoms with Gasteiger partial charge in [0.1, 0.15) is 12.4 Å². The number of hydrogen-bond acceptors (Lipinski definition) is 4. The van der Waals surface area contributed by atoms with Crippen molar-refractivity contribution in [1.29, 1.82) is 0 Å². The maximum absolute atomic E-state index is 12.5. The van der Waals surface area contributed by atoms with Gasteiger partial charge in [0.2, 0.25) is 5.78 Å². The Bertz CT molecular complexity index is 1140. The number of aromatic nitrogens is 4. The minimum Gasteiger partial charge on any atom is -0.487 e. The minimum atomic E-state index is -0.227. The molecule has 27 heavy (non-hydrogen) atoms. The van der Waals surface area contributed by atoms with Crippen LogP contribution in [0.5, 0.6) is 5.75 Å². The van der Waals surface area contributed by atoms with Gasteiger partial charge >= 0.3 is 0 Å². The van der Waals surface area contributed by atoms with Gasteiger partial charge in [-0.05, 0) is 37.5 Å². The molecule has 1 aliphatic carbocycles. The molecule has 0 N–H and O–H groups in total. The van der Waals surface area contributed by atoms with Gasteiger partial charge in [-0.2, -0.15) is 9.50 Å². The van der Waals surface area contributed by atoms with E-state index in [-0.39, 0.29) is 12.2 Å². The van der Waals surface area contributed by atoms with Crippen LogP contribution >= 0.6 is 11.6 Å². The van der Waals surface area contributed by atoms with Crippen LogP contribution in [0.2, 0.25) is 5.02 Å². The van der Waals surface area contributed by atoms with Crippen LogP contribution in [0.1, 0.15) is 29.9 Å². The molecule has 3 aromatic rings. The molecule has 0 saturated carbocycles. The van der Waals surface area contributed by atoms with E-state index in [1.807, 2.05) is 48.9 Å². The lowest BCUT2D eigenvalue weighted by molar-refractivity contribution is 0.294. The number of allylic oxidation sites excluding steroid dienone is 4. The van der Waals surface area contributed by atoms with Gasteiger partial charge in [-0.1, -0.05) is 35.9 Å². The lowest BCUT2D eigenvalue weighted by Gasteiger charge is -2.13. The van der Waals surface area contributed by atoms with Crippen molar-refractivity contribution in [2.75, 3.05) is 0 Å². The molecule has 0 atom stereocenters. The van der Waals surface area contributed by atoms with Gasteiger partial charge < -0.3 is 9.30 Å². The van der Waals surface area contributed by atoms with E-state index in [4.69, 9.17) is 16.3 Å². The summed E-state index contributed by atoms with van der Waals surface area (Å²) in [6, 6.07) is 7.04. The second-order valence-electron chi connectivity index (χ2n) is 6.49. The minimum absolute atomic E-state index is 0.227. The third-order valence-electron chi connectivity index (χ3n) is 4.71. The van der Waals surface area contributed by atoms with Crippen LogP contribution in [0.25, 0.3) is 11.4 Å². The first-order valence-electron chi connectivity index (χ1n) is 8.74. The summed E-state index contributed by atoms with van der Waals surface area (Å²) in [5, 5.41) is 5.04. The second-order valence-corrected chi connectivity index (χ2v) is 6.90. The molecule has 0 saturated heterocycles. The molecule has 1 aliphatic rings. The summed E-state index contributed by atoms with van der Waals surface area (Å²) in [5.41, 5.74) is 2.39. The van der Waals surface area contributed by atoms with E-state index in [2.05, 4.69) is 16.2 Å². The number of benzene rings is 1. The van der Waals surface area contributed by atoms with E-state index in [0.29, 0.717) is 28.1 Å². The quantitative estimate of drug-likeness (QED) is 0.690. The average Bonchev–Trinajstić information content (AvgIpc) is 3.14. The molecule has 2 heterocycles. The van der Waals surface area contributed by atoms with Crippen molar-refractivity contribution in [3.8, 4) is 5.75 Å². The van der Waals surface area contributed by atoms with Gasteiger partial charge in [0.25, 0.3) is 5.56 Å². The van der Waals surface area contributed by atoms with Crippen molar-refractivity contribution < 1.29 is 4.74 Å². The zero-order valence-corrected chi connectivity index (χ0v) is 15.9. The van der Waals surface area contributed by atoms with Gasteiger partial charge in [0.15, 0.2) is 5.82 Å². The summed E-state index contributed by atoms with van der Waals surface area (Å²) < 4.78 is 9.06. The number of halogens is 1. The molecule has 6 nitrogen and oxygen atoms in total. The van der Waals surface area contributed by atoms with E-state index in [1.54, 1.807) is 0 Å². The largest absolute Gasteiger partial charge is 0.487 e. The predicted molar refractivity (Wildman–Crippen MR) is 105 cm³/mol. The summed E-state index contributed by atoms with van der Waals surface area (Å²) >= 11 is 6.14. The average molecular weight is 383 g/mol. The van der Waals surface area contributed by atoms with Crippen molar-refractivity contribution in [3.05, 3.63) is 75.0 Å². The zero-order chi connectivity index (χ0) is 19.0. The van der Waals surface area contributed by atoms with Crippen molar-refractivity contribution in [2.45, 2.75) is 26.4 Å². The molecule has 7 heteroatoms. The van der Waals surface area contributed by atoms with Crippen LogP contribution in [-0.4, -0.2) is 19.2 Å². The van der Waals surface area contributed by atoms with E-state index in [9.17, 15) is 4.79 Å². The van der Waals surface area contributed by atoms with Crippen LogP contribution in [0.4, 0.5) is 0 Å². The molecule has 0 bridgehead atoms. The predicted octanol–water partition coefficient (Wildman–Crippen LogP) is 3.70. The first kappa shape index (κ1) is 17.5. The smallest absolute Gasteiger partial charge is 0.276 e. The third kappa shape index (κ3) is 3.28. The van der Waals surface area contributed by atoms with Crippen LogP contribution in [0, 0.1) is 6.92 Å². The molecule has 0 radical (unpaired) electrons. The van der Waals surface area contributed by atoms with E-state index >= 15 is 0 Å². The summed E-state index contributed by atoms with van der Waals surface area (Å²) in [6.07, 6.45) is 7.92. The molecule has 0 amide bonds. The number of nitrogens with zero attached hydrogens (tertiary/aromatic N) is 4. The van der Waals surface area contributed by atoms with Crippen molar-refractivity contribution in [2.24, 2.45) is 7.05 Å². The molecule has 0 spiro atoms. The van der Waals surface area contributed by atoms with Gasteiger partial charge in [-0.15, -0.1) is 5.10 Å². The Labute approximate surface area is 161 Å². The molecule has 1 aromatic carbocycles. The number of ether oxygens (including phenoxy) is 1. The summed E-state index contributed by atoms with van der Waals surface area (Å²) in [4.78, 5) is 17.1. The molecular weight excluding hydrogens is 364 g/mol. The third-order valence-corrected chi connectivity index (χ3v) is 5.12. The van der Waals surface area contributed by atoms with Gasteiger partial charge in [-0.3, -0.25) is 4.79 Å². The zero-order valence-electron chi connectivity index (χ0n) is 15.1. The van der Waals surface area contributed by atoms with Crippen LogP contribution < -0.4 is 10.3 Å². The molecule has 0 aliphatic heterocycles. The Kier molecular flexibility index (Phi) is 4.58. The maximum atomic E-state index is 12.5. The fourth-order valence-corrected chi connectivity index (χ4v) is 3.22. The molecule has 138 valence electrons. The Morgan fingerprint density at radius 2 is 2.19 bits per heavy atom. The molecule has 4 rings (SSSR count). The number of rotatable bonds is 4. The molecule has 0 unspecified atom stereocenters. The normalized spacial score (nSPS) is 13.8. The number of hydrogen-bond donors (Lipinski definition) is 0. The molecular formula is C20H19ClN4O2. The molecule has 2 aromatic heterocycles. The standard InChI is InChI=1S/C20H19ClN4O2/c1-13-16(21)9-6-10-17(13)27-12-15-11-18(26)25-20(24(15)2)22-19(23-25)14-7-4-3-5-8-14/h3-4,6-7,9-11H,5,8,12H2,1-2H3. The number of aryl methyl sites for hydroxylation is 1. The van der Waals surface area contributed by atoms with Gasteiger partial charge in [0.05, 0.1) is 5.69 Å². The highest BCUT2D eigenvalue weighted by Crippen LogP contribution is 2.26. The molecule has 0 fully saturated rings. The van der Waals surface area contributed by atoms with E-state index in [0.717, 1.165) is 24.0 Å². The van der Waals surface area contributed by atoms with E-state index in [1.165, 1.54) is 10.6 Å². The lowest BCUT2D eigenvalue weighted by atomic mass is 10.1. The highest BCUT2D eigenvalue weighted by molar-refractivity contribution is 6.31. The summed E-state index contributed by atoms with van der Waals surface area (Å²) in [6.45, 7) is 2.13. The Morgan fingerprint density at radius 1 is 1.33 bits per heavy atom.